The van der Waals surface area contributed by atoms with Crippen LogP contribution in [0.4, 0.5) is 0 Å². The summed E-state index contributed by atoms with van der Waals surface area (Å²) in [6.07, 6.45) is 2.57. The van der Waals surface area contributed by atoms with E-state index in [1.807, 2.05) is 49.5 Å². The molecule has 4 aromatic rings. The van der Waals surface area contributed by atoms with Gasteiger partial charge in [0.25, 0.3) is 0 Å². The fourth-order valence-corrected chi connectivity index (χ4v) is 2.74. The van der Waals surface area contributed by atoms with Gasteiger partial charge in [0.2, 0.25) is 0 Å². The summed E-state index contributed by atoms with van der Waals surface area (Å²) in [6, 6.07) is 17.2. The summed E-state index contributed by atoms with van der Waals surface area (Å²) in [5, 5.41) is 5.13. The maximum atomic E-state index is 11.1. The second kappa shape index (κ2) is 5.70. The highest BCUT2D eigenvalue weighted by molar-refractivity contribution is 5.95. The average Bonchev–Trinajstić information content (AvgIpc) is 3.06. The van der Waals surface area contributed by atoms with Gasteiger partial charge in [-0.25, -0.2) is 9.97 Å². The van der Waals surface area contributed by atoms with Crippen molar-refractivity contribution in [3.8, 4) is 22.8 Å². The number of aromatic nitrogens is 4. The Morgan fingerprint density at radius 3 is 2.54 bits per heavy atom. The molecular formula is C19H14N4O. The highest BCUT2D eigenvalue weighted by Crippen LogP contribution is 2.29. The number of carbonyl (C=O) groups excluding carboxylic acids is 1. The number of aryl methyl sites for hydroxylation is 1. The molecule has 5 nitrogen and oxygen atoms in total. The maximum Gasteiger partial charge on any atom is 0.160 e. The number of nitrogens with zero attached hydrogens (tertiary/aromatic N) is 4. The Labute approximate surface area is 138 Å². The molecule has 0 saturated carbocycles. The van der Waals surface area contributed by atoms with E-state index in [0.717, 1.165) is 34.1 Å². The van der Waals surface area contributed by atoms with Gasteiger partial charge in [0.1, 0.15) is 12.0 Å². The first-order valence-electron chi connectivity index (χ1n) is 7.57. The van der Waals surface area contributed by atoms with Gasteiger partial charge in [0.15, 0.2) is 5.82 Å². The first-order valence-corrected chi connectivity index (χ1v) is 7.57. The molecule has 2 aromatic carbocycles. The zero-order chi connectivity index (χ0) is 16.5. The van der Waals surface area contributed by atoms with E-state index >= 15 is 0 Å². The van der Waals surface area contributed by atoms with Crippen molar-refractivity contribution in [2.75, 3.05) is 0 Å². The molecule has 4 rings (SSSR count). The Morgan fingerprint density at radius 1 is 1.00 bits per heavy atom. The van der Waals surface area contributed by atoms with Gasteiger partial charge in [0, 0.05) is 29.8 Å². The number of rotatable bonds is 3. The van der Waals surface area contributed by atoms with Crippen LogP contribution in [-0.4, -0.2) is 26.0 Å². The molecular weight excluding hydrogens is 300 g/mol. The molecule has 0 bridgehead atoms. The summed E-state index contributed by atoms with van der Waals surface area (Å²) in [5.41, 5.74) is 3.97. The van der Waals surface area contributed by atoms with E-state index in [2.05, 4.69) is 10.1 Å². The van der Waals surface area contributed by atoms with Gasteiger partial charge in [0.05, 0.1) is 11.2 Å². The minimum absolute atomic E-state index is 0.594. The molecule has 2 aromatic heterocycles. The van der Waals surface area contributed by atoms with E-state index in [-0.39, 0.29) is 0 Å². The van der Waals surface area contributed by atoms with Crippen molar-refractivity contribution in [2.45, 2.75) is 0 Å². The molecule has 0 aliphatic heterocycles. The summed E-state index contributed by atoms with van der Waals surface area (Å²) < 4.78 is 1.78. The van der Waals surface area contributed by atoms with Crippen LogP contribution in [0.1, 0.15) is 10.4 Å². The third-order valence-corrected chi connectivity index (χ3v) is 3.95. The molecule has 24 heavy (non-hydrogen) atoms. The number of hydrogen-bond donors (Lipinski definition) is 0. The first-order chi connectivity index (χ1) is 11.8. The van der Waals surface area contributed by atoms with Gasteiger partial charge in [-0.15, -0.1) is 0 Å². The number of fused-ring (bicyclic) bond motifs is 1. The van der Waals surface area contributed by atoms with E-state index in [1.165, 1.54) is 0 Å². The maximum absolute atomic E-state index is 11.1. The lowest BCUT2D eigenvalue weighted by Gasteiger charge is -2.09. The largest absolute Gasteiger partial charge is 0.298 e. The predicted molar refractivity (Wildman–Crippen MR) is 92.6 cm³/mol. The van der Waals surface area contributed by atoms with Crippen molar-refractivity contribution in [3.05, 3.63) is 66.4 Å². The number of carbonyl (C=O) groups is 1. The zero-order valence-corrected chi connectivity index (χ0v) is 13.0. The second-order valence-electron chi connectivity index (χ2n) is 5.50. The molecule has 0 amide bonds. The Morgan fingerprint density at radius 2 is 1.83 bits per heavy atom. The molecule has 0 aliphatic carbocycles. The molecule has 0 N–H and O–H groups in total. The molecule has 116 valence electrons. The third-order valence-electron chi connectivity index (χ3n) is 3.95. The van der Waals surface area contributed by atoms with Gasteiger partial charge >= 0.3 is 0 Å². The normalized spacial score (nSPS) is 10.9. The van der Waals surface area contributed by atoms with E-state index in [1.54, 1.807) is 23.0 Å². The molecule has 0 spiro atoms. The van der Waals surface area contributed by atoms with Gasteiger partial charge in [-0.2, -0.15) is 5.10 Å². The summed E-state index contributed by atoms with van der Waals surface area (Å²) in [7, 11) is 1.88. The Hall–Kier alpha value is -3.34. The highest BCUT2D eigenvalue weighted by atomic mass is 16.1. The van der Waals surface area contributed by atoms with Crippen LogP contribution in [0.3, 0.4) is 0 Å². The van der Waals surface area contributed by atoms with Crippen molar-refractivity contribution in [3.63, 3.8) is 0 Å². The summed E-state index contributed by atoms with van der Waals surface area (Å²) in [6.45, 7) is 0. The number of benzene rings is 2. The van der Waals surface area contributed by atoms with Gasteiger partial charge in [-0.1, -0.05) is 36.4 Å². The van der Waals surface area contributed by atoms with Crippen molar-refractivity contribution in [2.24, 2.45) is 7.05 Å². The number of hydrogen-bond acceptors (Lipinski definition) is 4. The third kappa shape index (κ3) is 2.36. The lowest BCUT2D eigenvalue weighted by molar-refractivity contribution is 0.112. The van der Waals surface area contributed by atoms with Crippen molar-refractivity contribution < 1.29 is 4.79 Å². The standard InChI is InChI=1S/C19H14N4O/c1-23-17(9-10-20-23)18-15-8-7-13(12-24)11-16(15)21-19(22-18)14-5-3-2-4-6-14/h2-12H,1H3. The minimum Gasteiger partial charge on any atom is -0.298 e. The Bertz CT molecular complexity index is 1040. The second-order valence-corrected chi connectivity index (χ2v) is 5.50. The topological polar surface area (TPSA) is 60.7 Å². The minimum atomic E-state index is 0.594. The van der Waals surface area contributed by atoms with Crippen LogP contribution in [0.15, 0.2) is 60.8 Å². The zero-order valence-electron chi connectivity index (χ0n) is 13.0. The van der Waals surface area contributed by atoms with Crippen LogP contribution in [0.2, 0.25) is 0 Å². The summed E-state index contributed by atoms with van der Waals surface area (Å²) in [5.74, 6) is 0.627. The summed E-state index contributed by atoms with van der Waals surface area (Å²) >= 11 is 0. The smallest absolute Gasteiger partial charge is 0.160 e. The van der Waals surface area contributed by atoms with Crippen LogP contribution in [0.5, 0.6) is 0 Å². The van der Waals surface area contributed by atoms with Crippen molar-refractivity contribution in [1.29, 1.82) is 0 Å². The van der Waals surface area contributed by atoms with Gasteiger partial charge < -0.3 is 0 Å². The van der Waals surface area contributed by atoms with E-state index in [9.17, 15) is 4.79 Å². The molecule has 0 saturated heterocycles. The molecule has 5 heteroatoms. The lowest BCUT2D eigenvalue weighted by Crippen LogP contribution is -2.00. The van der Waals surface area contributed by atoms with Crippen LogP contribution in [0, 0.1) is 0 Å². The molecule has 0 radical (unpaired) electrons. The van der Waals surface area contributed by atoms with Crippen LogP contribution < -0.4 is 0 Å². The molecule has 0 fully saturated rings. The monoisotopic (exact) mass is 314 g/mol. The molecule has 0 unspecified atom stereocenters. The first kappa shape index (κ1) is 14.3. The van der Waals surface area contributed by atoms with E-state index in [0.29, 0.717) is 11.4 Å². The van der Waals surface area contributed by atoms with Crippen LogP contribution >= 0.6 is 0 Å². The van der Waals surface area contributed by atoms with Crippen molar-refractivity contribution >= 4 is 17.2 Å². The van der Waals surface area contributed by atoms with Gasteiger partial charge in [-0.3, -0.25) is 9.48 Å². The Balaban J connectivity index is 2.05. The fourth-order valence-electron chi connectivity index (χ4n) is 2.74. The quantitative estimate of drug-likeness (QED) is 0.543. The fraction of sp³-hybridized carbons (Fsp3) is 0.0526. The van der Waals surface area contributed by atoms with E-state index in [4.69, 9.17) is 4.98 Å². The molecule has 0 atom stereocenters. The van der Waals surface area contributed by atoms with E-state index < -0.39 is 0 Å². The Kier molecular flexibility index (Phi) is 3.39. The predicted octanol–water partition coefficient (Wildman–Crippen LogP) is 3.51. The molecule has 2 heterocycles. The summed E-state index contributed by atoms with van der Waals surface area (Å²) in [4.78, 5) is 20.5. The average molecular weight is 314 g/mol. The highest BCUT2D eigenvalue weighted by Gasteiger charge is 2.14. The van der Waals surface area contributed by atoms with Crippen LogP contribution in [-0.2, 0) is 7.05 Å². The molecule has 0 aliphatic rings. The van der Waals surface area contributed by atoms with Gasteiger partial charge in [-0.05, 0) is 18.2 Å². The van der Waals surface area contributed by atoms with Crippen molar-refractivity contribution in [1.82, 2.24) is 19.7 Å². The van der Waals surface area contributed by atoms with Crippen LogP contribution in [0.25, 0.3) is 33.7 Å². The lowest BCUT2D eigenvalue weighted by atomic mass is 10.1. The SMILES string of the molecule is Cn1nccc1-c1nc(-c2ccccc2)nc2cc(C=O)ccc12. The number of aldehydes is 1.